The van der Waals surface area contributed by atoms with Gasteiger partial charge >= 0.3 is 0 Å². The van der Waals surface area contributed by atoms with Crippen LogP contribution in [0.1, 0.15) is 49.1 Å². The Morgan fingerprint density at radius 1 is 1.38 bits per heavy atom. The van der Waals surface area contributed by atoms with Gasteiger partial charge in [0.05, 0.1) is 5.69 Å². The van der Waals surface area contributed by atoms with Crippen LogP contribution in [0.3, 0.4) is 0 Å². The van der Waals surface area contributed by atoms with Crippen LogP contribution in [0.25, 0.3) is 0 Å². The lowest BCUT2D eigenvalue weighted by Gasteiger charge is -2.36. The highest BCUT2D eigenvalue weighted by molar-refractivity contribution is 5.77. The molecule has 2 aromatic rings. The molecule has 1 atom stereocenters. The molecule has 0 radical (unpaired) electrons. The Morgan fingerprint density at radius 2 is 2.25 bits per heavy atom. The Balaban J connectivity index is 1.56. The number of piperidine rings is 1. The van der Waals surface area contributed by atoms with E-state index < -0.39 is 0 Å². The summed E-state index contributed by atoms with van der Waals surface area (Å²) in [5, 5.41) is 8.23. The van der Waals surface area contributed by atoms with Gasteiger partial charge in [0.15, 0.2) is 0 Å². The van der Waals surface area contributed by atoms with Crippen LogP contribution in [0.5, 0.6) is 0 Å². The SMILES string of the molecule is Cc1noc(C)c1CCC(=O)N1CCCC[C@H]1CCn1cccn1. The predicted octanol–water partition coefficient (Wildman–Crippen LogP) is 2.89. The zero-order chi connectivity index (χ0) is 16.9. The van der Waals surface area contributed by atoms with Crippen molar-refractivity contribution in [2.45, 2.75) is 65.0 Å². The van der Waals surface area contributed by atoms with Crippen molar-refractivity contribution in [3.05, 3.63) is 35.5 Å². The maximum atomic E-state index is 12.7. The van der Waals surface area contributed by atoms with Gasteiger partial charge in [0.25, 0.3) is 0 Å². The van der Waals surface area contributed by atoms with E-state index in [1.807, 2.05) is 30.8 Å². The molecule has 0 spiro atoms. The molecule has 0 unspecified atom stereocenters. The quantitative estimate of drug-likeness (QED) is 0.817. The van der Waals surface area contributed by atoms with Crippen LogP contribution >= 0.6 is 0 Å². The number of nitrogens with zero attached hydrogens (tertiary/aromatic N) is 4. The third kappa shape index (κ3) is 3.86. The lowest BCUT2D eigenvalue weighted by Crippen LogP contribution is -2.44. The molecular weight excluding hydrogens is 304 g/mol. The number of carbonyl (C=O) groups excluding carboxylic acids is 1. The van der Waals surface area contributed by atoms with E-state index in [0.717, 1.165) is 49.4 Å². The highest BCUT2D eigenvalue weighted by Gasteiger charge is 2.26. The number of rotatable bonds is 6. The van der Waals surface area contributed by atoms with Crippen LogP contribution in [0, 0.1) is 13.8 Å². The number of aromatic nitrogens is 3. The Hall–Kier alpha value is -2.11. The second kappa shape index (κ2) is 7.64. The van der Waals surface area contributed by atoms with Crippen molar-refractivity contribution in [2.24, 2.45) is 0 Å². The van der Waals surface area contributed by atoms with Crippen molar-refractivity contribution in [3.63, 3.8) is 0 Å². The lowest BCUT2D eigenvalue weighted by atomic mass is 9.98. The van der Waals surface area contributed by atoms with Gasteiger partial charge in [0.2, 0.25) is 5.91 Å². The van der Waals surface area contributed by atoms with E-state index in [4.69, 9.17) is 4.52 Å². The van der Waals surface area contributed by atoms with Crippen LogP contribution in [-0.4, -0.2) is 38.3 Å². The summed E-state index contributed by atoms with van der Waals surface area (Å²) in [4.78, 5) is 14.8. The number of amides is 1. The summed E-state index contributed by atoms with van der Waals surface area (Å²) in [5.41, 5.74) is 1.97. The maximum Gasteiger partial charge on any atom is 0.223 e. The first-order valence-electron chi connectivity index (χ1n) is 8.84. The largest absolute Gasteiger partial charge is 0.361 e. The van der Waals surface area contributed by atoms with Gasteiger partial charge in [-0.3, -0.25) is 9.48 Å². The second-order valence-corrected chi connectivity index (χ2v) is 6.60. The van der Waals surface area contributed by atoms with Gasteiger partial charge < -0.3 is 9.42 Å². The van der Waals surface area contributed by atoms with Gasteiger partial charge in [-0.2, -0.15) is 5.10 Å². The van der Waals surface area contributed by atoms with Crippen LogP contribution in [-0.2, 0) is 17.8 Å². The fraction of sp³-hybridized carbons (Fsp3) is 0.611. The minimum atomic E-state index is 0.250. The lowest BCUT2D eigenvalue weighted by molar-refractivity contribution is -0.135. The normalized spacial score (nSPS) is 18.1. The number of hydrogen-bond acceptors (Lipinski definition) is 4. The summed E-state index contributed by atoms with van der Waals surface area (Å²) >= 11 is 0. The zero-order valence-corrected chi connectivity index (χ0v) is 14.6. The molecular formula is C18H26N4O2. The molecule has 3 rings (SSSR count). The Bertz CT molecular complexity index is 643. The number of hydrogen-bond donors (Lipinski definition) is 0. The number of aryl methyl sites for hydroxylation is 3. The molecule has 3 heterocycles. The van der Waals surface area contributed by atoms with Crippen molar-refractivity contribution >= 4 is 5.91 Å². The van der Waals surface area contributed by atoms with E-state index in [1.54, 1.807) is 6.20 Å². The Labute approximate surface area is 142 Å². The molecule has 0 aliphatic carbocycles. The van der Waals surface area contributed by atoms with E-state index in [9.17, 15) is 4.79 Å². The molecule has 0 aromatic carbocycles. The number of carbonyl (C=O) groups is 1. The highest BCUT2D eigenvalue weighted by atomic mass is 16.5. The molecule has 24 heavy (non-hydrogen) atoms. The van der Waals surface area contributed by atoms with Crippen molar-refractivity contribution in [3.8, 4) is 0 Å². The molecule has 6 nitrogen and oxygen atoms in total. The van der Waals surface area contributed by atoms with Crippen molar-refractivity contribution in [1.82, 2.24) is 19.8 Å². The molecule has 1 saturated heterocycles. The van der Waals surface area contributed by atoms with Gasteiger partial charge in [-0.15, -0.1) is 0 Å². The standard InChI is InChI=1S/C18H26N4O2/c1-14-17(15(2)24-20-14)7-8-18(23)22-12-4-3-6-16(22)9-13-21-11-5-10-19-21/h5,10-11,16H,3-4,6-9,12-13H2,1-2H3/t16-/m0/s1. The fourth-order valence-corrected chi connectivity index (χ4v) is 3.58. The smallest absolute Gasteiger partial charge is 0.223 e. The zero-order valence-electron chi connectivity index (χ0n) is 14.6. The monoisotopic (exact) mass is 330 g/mol. The topological polar surface area (TPSA) is 64.2 Å². The molecule has 1 amide bonds. The average Bonchev–Trinajstić information content (AvgIpc) is 3.22. The minimum absolute atomic E-state index is 0.250. The highest BCUT2D eigenvalue weighted by Crippen LogP contribution is 2.22. The molecule has 2 aromatic heterocycles. The van der Waals surface area contributed by atoms with E-state index >= 15 is 0 Å². The van der Waals surface area contributed by atoms with E-state index in [1.165, 1.54) is 6.42 Å². The summed E-state index contributed by atoms with van der Waals surface area (Å²) in [5.74, 6) is 1.08. The van der Waals surface area contributed by atoms with Gasteiger partial charge in [0.1, 0.15) is 5.76 Å². The minimum Gasteiger partial charge on any atom is -0.361 e. The first-order chi connectivity index (χ1) is 11.6. The molecule has 6 heteroatoms. The van der Waals surface area contributed by atoms with Crippen LogP contribution < -0.4 is 0 Å². The van der Waals surface area contributed by atoms with Crippen molar-refractivity contribution in [1.29, 1.82) is 0 Å². The van der Waals surface area contributed by atoms with Crippen molar-refractivity contribution < 1.29 is 9.32 Å². The molecule has 1 fully saturated rings. The van der Waals surface area contributed by atoms with Crippen molar-refractivity contribution in [2.75, 3.05) is 6.54 Å². The molecule has 0 saturated carbocycles. The fourth-order valence-electron chi connectivity index (χ4n) is 3.58. The molecule has 0 N–H and O–H groups in total. The maximum absolute atomic E-state index is 12.7. The Kier molecular flexibility index (Phi) is 5.33. The Morgan fingerprint density at radius 3 is 2.96 bits per heavy atom. The van der Waals surface area contributed by atoms with Crippen LogP contribution in [0.2, 0.25) is 0 Å². The third-order valence-corrected chi connectivity index (χ3v) is 4.97. The first kappa shape index (κ1) is 16.7. The molecule has 1 aliphatic rings. The molecule has 1 aliphatic heterocycles. The number of likely N-dealkylation sites (tertiary alicyclic amines) is 1. The summed E-state index contributed by atoms with van der Waals surface area (Å²) in [6.07, 6.45) is 9.40. The summed E-state index contributed by atoms with van der Waals surface area (Å²) in [6.45, 7) is 5.59. The average molecular weight is 330 g/mol. The van der Waals surface area contributed by atoms with Gasteiger partial charge in [0, 0.05) is 43.5 Å². The summed E-state index contributed by atoms with van der Waals surface area (Å²) < 4.78 is 7.14. The second-order valence-electron chi connectivity index (χ2n) is 6.60. The van der Waals surface area contributed by atoms with Gasteiger partial charge in [-0.1, -0.05) is 5.16 Å². The third-order valence-electron chi connectivity index (χ3n) is 4.97. The van der Waals surface area contributed by atoms with E-state index in [0.29, 0.717) is 18.9 Å². The predicted molar refractivity (Wildman–Crippen MR) is 90.5 cm³/mol. The van der Waals surface area contributed by atoms with Gasteiger partial charge in [-0.05, 0) is 52.0 Å². The van der Waals surface area contributed by atoms with Crippen LogP contribution in [0.15, 0.2) is 23.0 Å². The van der Waals surface area contributed by atoms with E-state index in [2.05, 4.69) is 15.2 Å². The molecule has 0 bridgehead atoms. The summed E-state index contributed by atoms with van der Waals surface area (Å²) in [6, 6.07) is 2.27. The van der Waals surface area contributed by atoms with Gasteiger partial charge in [-0.25, -0.2) is 0 Å². The molecule has 130 valence electrons. The first-order valence-corrected chi connectivity index (χ1v) is 8.84. The summed E-state index contributed by atoms with van der Waals surface area (Å²) in [7, 11) is 0. The van der Waals surface area contributed by atoms with E-state index in [-0.39, 0.29) is 5.91 Å². The van der Waals surface area contributed by atoms with Crippen LogP contribution in [0.4, 0.5) is 0 Å².